The fourth-order valence-corrected chi connectivity index (χ4v) is 4.45. The predicted molar refractivity (Wildman–Crippen MR) is 85.3 cm³/mol. The minimum Gasteiger partial charge on any atom is -0.359 e. The topological polar surface area (TPSA) is 61.4 Å². The lowest BCUT2D eigenvalue weighted by molar-refractivity contribution is -0.134. The quantitative estimate of drug-likeness (QED) is 0.826. The van der Waals surface area contributed by atoms with Gasteiger partial charge in [0, 0.05) is 32.6 Å². The van der Waals surface area contributed by atoms with Gasteiger partial charge in [-0.25, -0.2) is 0 Å². The van der Waals surface area contributed by atoms with Crippen molar-refractivity contribution in [3.05, 3.63) is 0 Å². The van der Waals surface area contributed by atoms with Gasteiger partial charge in [0.05, 0.1) is 6.04 Å². The average molecular weight is 307 g/mol. The van der Waals surface area contributed by atoms with E-state index in [9.17, 15) is 9.59 Å². The van der Waals surface area contributed by atoms with Gasteiger partial charge in [-0.1, -0.05) is 12.8 Å². The van der Waals surface area contributed by atoms with Crippen LogP contribution in [-0.2, 0) is 9.59 Å². The number of likely N-dealkylation sites (tertiary alicyclic amines) is 1. The Kier molecular flexibility index (Phi) is 5.01. The van der Waals surface area contributed by atoms with Crippen molar-refractivity contribution in [3.63, 3.8) is 0 Å². The Morgan fingerprint density at radius 3 is 2.55 bits per heavy atom. The van der Waals surface area contributed by atoms with Crippen LogP contribution in [0.2, 0.25) is 0 Å². The first-order valence-corrected chi connectivity index (χ1v) is 8.92. The third-order valence-electron chi connectivity index (χ3n) is 5.84. The number of rotatable bonds is 3. The normalized spacial score (nSPS) is 32.6. The molecule has 22 heavy (non-hydrogen) atoms. The van der Waals surface area contributed by atoms with E-state index in [2.05, 4.69) is 10.6 Å². The van der Waals surface area contributed by atoms with Gasteiger partial charge in [-0.2, -0.15) is 0 Å². The molecule has 5 heteroatoms. The molecule has 1 saturated carbocycles. The van der Waals surface area contributed by atoms with Crippen LogP contribution in [-0.4, -0.2) is 48.9 Å². The van der Waals surface area contributed by atoms with E-state index < -0.39 is 0 Å². The van der Waals surface area contributed by atoms with Gasteiger partial charge in [-0.15, -0.1) is 0 Å². The number of fused-ring (bicyclic) bond motifs is 1. The van der Waals surface area contributed by atoms with Gasteiger partial charge in [0.25, 0.3) is 0 Å². The summed E-state index contributed by atoms with van der Waals surface area (Å²) in [5.41, 5.74) is 0. The molecule has 2 aliphatic heterocycles. The number of piperidine rings is 1. The second-order valence-corrected chi connectivity index (χ2v) is 7.25. The van der Waals surface area contributed by atoms with Crippen molar-refractivity contribution in [1.29, 1.82) is 0 Å². The summed E-state index contributed by atoms with van der Waals surface area (Å²) >= 11 is 0. The second-order valence-electron chi connectivity index (χ2n) is 7.25. The largest absolute Gasteiger partial charge is 0.359 e. The van der Waals surface area contributed by atoms with Crippen molar-refractivity contribution in [2.45, 2.75) is 63.5 Å². The molecule has 124 valence electrons. The smallest absolute Gasteiger partial charge is 0.239 e. The maximum Gasteiger partial charge on any atom is 0.239 e. The molecule has 1 aliphatic carbocycles. The molecule has 2 amide bonds. The van der Waals surface area contributed by atoms with E-state index in [-0.39, 0.29) is 11.9 Å². The Hall–Kier alpha value is -1.10. The van der Waals surface area contributed by atoms with Gasteiger partial charge < -0.3 is 15.5 Å². The van der Waals surface area contributed by atoms with E-state index in [0.29, 0.717) is 30.2 Å². The van der Waals surface area contributed by atoms with Crippen molar-refractivity contribution in [1.82, 2.24) is 15.5 Å². The van der Waals surface area contributed by atoms with Crippen molar-refractivity contribution < 1.29 is 9.59 Å². The highest BCUT2D eigenvalue weighted by molar-refractivity contribution is 5.82. The lowest BCUT2D eigenvalue weighted by atomic mass is 9.85. The number of hydrogen-bond acceptors (Lipinski definition) is 3. The molecule has 0 bridgehead atoms. The first kappa shape index (κ1) is 15.8. The van der Waals surface area contributed by atoms with E-state index in [0.717, 1.165) is 32.4 Å². The minimum absolute atomic E-state index is 0.0450. The molecular weight excluding hydrogens is 278 g/mol. The number of carbonyl (C=O) groups is 2. The number of carbonyl (C=O) groups excluding carboxylic acids is 2. The van der Waals surface area contributed by atoms with E-state index in [1.165, 1.54) is 25.7 Å². The van der Waals surface area contributed by atoms with Gasteiger partial charge >= 0.3 is 0 Å². The highest BCUT2D eigenvalue weighted by Crippen LogP contribution is 2.34. The van der Waals surface area contributed by atoms with Crippen LogP contribution in [0.5, 0.6) is 0 Å². The lowest BCUT2D eigenvalue weighted by Crippen LogP contribution is -2.48. The number of nitrogens with zero attached hydrogens (tertiary/aromatic N) is 1. The molecule has 2 N–H and O–H groups in total. The molecule has 0 aromatic heterocycles. The predicted octanol–water partition coefficient (Wildman–Crippen LogP) is 1.28. The summed E-state index contributed by atoms with van der Waals surface area (Å²) in [6, 6.07) is 0.622. The summed E-state index contributed by atoms with van der Waals surface area (Å²) in [5, 5.41) is 6.28. The zero-order valence-corrected chi connectivity index (χ0v) is 13.6. The maximum absolute atomic E-state index is 12.7. The van der Waals surface area contributed by atoms with Crippen molar-refractivity contribution in [2.75, 3.05) is 20.1 Å². The summed E-state index contributed by atoms with van der Waals surface area (Å²) in [7, 11) is 1.69. The van der Waals surface area contributed by atoms with Crippen LogP contribution in [0.1, 0.15) is 51.4 Å². The molecular formula is C17H29N3O2. The lowest BCUT2D eigenvalue weighted by Gasteiger charge is -2.33. The molecule has 2 heterocycles. The molecule has 0 aromatic rings. The van der Waals surface area contributed by atoms with E-state index >= 15 is 0 Å². The molecule has 0 aromatic carbocycles. The van der Waals surface area contributed by atoms with Gasteiger partial charge in [0.2, 0.25) is 11.8 Å². The van der Waals surface area contributed by atoms with Crippen LogP contribution >= 0.6 is 0 Å². The third-order valence-corrected chi connectivity index (χ3v) is 5.84. The van der Waals surface area contributed by atoms with Gasteiger partial charge in [0.1, 0.15) is 0 Å². The fourth-order valence-electron chi connectivity index (χ4n) is 4.45. The summed E-state index contributed by atoms with van der Waals surface area (Å²) in [6.07, 6.45) is 8.70. The van der Waals surface area contributed by atoms with Gasteiger partial charge in [0.15, 0.2) is 0 Å². The molecule has 3 aliphatic rings. The molecule has 0 radical (unpaired) electrons. The van der Waals surface area contributed by atoms with E-state index in [1.54, 1.807) is 7.05 Å². The zero-order valence-electron chi connectivity index (χ0n) is 13.6. The maximum atomic E-state index is 12.7. The number of nitrogens with one attached hydrogen (secondary N) is 2. The van der Waals surface area contributed by atoms with Gasteiger partial charge in [-0.3, -0.25) is 9.59 Å². The molecule has 3 fully saturated rings. The van der Waals surface area contributed by atoms with Crippen LogP contribution < -0.4 is 10.6 Å². The third kappa shape index (κ3) is 3.45. The van der Waals surface area contributed by atoms with Crippen LogP contribution in [0, 0.1) is 11.8 Å². The van der Waals surface area contributed by atoms with Crippen LogP contribution in [0.15, 0.2) is 0 Å². The standard InChI is InChI=1S/C17H29N3O2/c1-18-16(21)10-12-6-8-20(9-7-12)17(22)15-11-13-4-2-3-5-14(13)19-15/h12-15,19H,2-11H2,1H3,(H,18,21). The molecule has 5 nitrogen and oxygen atoms in total. The van der Waals surface area contributed by atoms with Crippen molar-refractivity contribution in [2.24, 2.45) is 11.8 Å². The number of amides is 2. The Labute approximate surface area is 133 Å². The molecule has 2 saturated heterocycles. The number of hydrogen-bond donors (Lipinski definition) is 2. The SMILES string of the molecule is CNC(=O)CC1CCN(C(=O)C2CC3CCCCC3N2)CC1. The van der Waals surface area contributed by atoms with Crippen LogP contribution in [0.4, 0.5) is 0 Å². The summed E-state index contributed by atoms with van der Waals surface area (Å²) in [5.74, 6) is 1.57. The first-order chi connectivity index (χ1) is 10.7. The highest BCUT2D eigenvalue weighted by Gasteiger charge is 2.40. The van der Waals surface area contributed by atoms with E-state index in [1.807, 2.05) is 4.90 Å². The molecule has 3 rings (SSSR count). The van der Waals surface area contributed by atoms with E-state index in [4.69, 9.17) is 0 Å². The Bertz CT molecular complexity index is 404. The molecule has 3 unspecified atom stereocenters. The van der Waals surface area contributed by atoms with Crippen LogP contribution in [0.25, 0.3) is 0 Å². The van der Waals surface area contributed by atoms with Crippen LogP contribution in [0.3, 0.4) is 0 Å². The zero-order chi connectivity index (χ0) is 15.5. The molecule has 3 atom stereocenters. The minimum atomic E-state index is 0.0450. The van der Waals surface area contributed by atoms with Gasteiger partial charge in [-0.05, 0) is 43.9 Å². The fraction of sp³-hybridized carbons (Fsp3) is 0.882. The summed E-state index contributed by atoms with van der Waals surface area (Å²) < 4.78 is 0. The van der Waals surface area contributed by atoms with Crippen molar-refractivity contribution in [3.8, 4) is 0 Å². The van der Waals surface area contributed by atoms with Crippen molar-refractivity contribution >= 4 is 11.8 Å². The summed E-state index contributed by atoms with van der Waals surface area (Å²) in [6.45, 7) is 1.63. The monoisotopic (exact) mass is 307 g/mol. The summed E-state index contributed by atoms with van der Waals surface area (Å²) in [4.78, 5) is 26.2. The first-order valence-electron chi connectivity index (χ1n) is 8.92. The Morgan fingerprint density at radius 2 is 1.86 bits per heavy atom. The Balaban J connectivity index is 1.47. The molecule has 0 spiro atoms. The Morgan fingerprint density at radius 1 is 1.14 bits per heavy atom. The highest BCUT2D eigenvalue weighted by atomic mass is 16.2. The second kappa shape index (κ2) is 6.99. The average Bonchev–Trinajstić information content (AvgIpc) is 2.98.